The van der Waals surface area contributed by atoms with Gasteiger partial charge in [0, 0.05) is 83.1 Å². The molecule has 15 heteroatoms. The first-order chi connectivity index (χ1) is 25.1. The number of carboxylic acid groups (broad SMARTS) is 1. The van der Waals surface area contributed by atoms with E-state index in [9.17, 15) is 24.0 Å². The quantitative estimate of drug-likeness (QED) is 0.315. The molecular formula is C37H47N7O8. The molecule has 3 N–H and O–H groups in total. The number of piperazine rings is 1. The van der Waals surface area contributed by atoms with E-state index in [1.54, 1.807) is 15.9 Å². The Bertz CT molecular complexity index is 1850. The number of anilines is 1. The van der Waals surface area contributed by atoms with Crippen LogP contribution in [0.3, 0.4) is 0 Å². The lowest BCUT2D eigenvalue weighted by Gasteiger charge is -2.43. The van der Waals surface area contributed by atoms with Gasteiger partial charge in [-0.1, -0.05) is 24.3 Å². The van der Waals surface area contributed by atoms with Gasteiger partial charge in [0.2, 0.25) is 0 Å². The number of piperidine rings is 2. The number of hydrogen-bond donors (Lipinski definition) is 3. The van der Waals surface area contributed by atoms with Gasteiger partial charge in [-0.2, -0.15) is 0 Å². The monoisotopic (exact) mass is 717 g/mol. The number of nitrogens with one attached hydrogen (secondary N) is 2. The SMILES string of the molecule is Cc1cc(CC(OC(=O)N2CCC(N3CCc4ccccc4NC3=O)CC2)C(=O)N2CCC(N3CCN(CC(=O)O)CC3)CC2)cc2oc(=O)[nH]c12. The Labute approximate surface area is 301 Å². The van der Waals surface area contributed by atoms with Crippen molar-refractivity contribution in [1.29, 1.82) is 0 Å². The Morgan fingerprint density at radius 2 is 1.60 bits per heavy atom. The van der Waals surface area contributed by atoms with Crippen molar-refractivity contribution in [2.45, 2.75) is 63.6 Å². The van der Waals surface area contributed by atoms with Crippen molar-refractivity contribution < 1.29 is 33.4 Å². The number of fused-ring (bicyclic) bond motifs is 2. The maximum Gasteiger partial charge on any atom is 0.417 e. The fourth-order valence-electron chi connectivity index (χ4n) is 8.23. The lowest BCUT2D eigenvalue weighted by atomic mass is 9.99. The molecule has 0 radical (unpaired) electrons. The summed E-state index contributed by atoms with van der Waals surface area (Å²) in [4.78, 5) is 76.3. The zero-order valence-electron chi connectivity index (χ0n) is 29.6. The number of carboxylic acids is 1. The Balaban J connectivity index is 0.989. The van der Waals surface area contributed by atoms with Crippen LogP contribution in [0.5, 0.6) is 0 Å². The van der Waals surface area contributed by atoms with Gasteiger partial charge in [0.15, 0.2) is 11.7 Å². The first-order valence-corrected chi connectivity index (χ1v) is 18.3. The van der Waals surface area contributed by atoms with Crippen LogP contribution < -0.4 is 11.1 Å². The Morgan fingerprint density at radius 3 is 2.33 bits per heavy atom. The van der Waals surface area contributed by atoms with Gasteiger partial charge in [-0.15, -0.1) is 0 Å². The van der Waals surface area contributed by atoms with Gasteiger partial charge in [0.05, 0.1) is 12.1 Å². The number of aliphatic carboxylic acids is 1. The number of oxazole rings is 1. The van der Waals surface area contributed by atoms with E-state index in [2.05, 4.69) is 15.2 Å². The normalized spacial score (nSPS) is 20.3. The molecule has 3 saturated heterocycles. The minimum absolute atomic E-state index is 0.0251. The average Bonchev–Trinajstić information content (AvgIpc) is 3.43. The molecule has 278 valence electrons. The van der Waals surface area contributed by atoms with Crippen molar-refractivity contribution in [1.82, 2.24) is 29.5 Å². The van der Waals surface area contributed by atoms with Crippen LogP contribution in [0.2, 0.25) is 0 Å². The molecule has 5 heterocycles. The van der Waals surface area contributed by atoms with Crippen LogP contribution in [0.1, 0.15) is 42.4 Å². The molecule has 1 aromatic heterocycles. The van der Waals surface area contributed by atoms with E-state index in [0.717, 1.165) is 49.2 Å². The molecule has 1 unspecified atom stereocenters. The standard InChI is InChI=1S/C37H47N7O8/c1-24-20-25(21-30-33(24)39-36(49)51-30)22-31(34(47)42-11-7-27(8-12-42)41-18-16-40(17-19-41)23-32(45)46)52-37(50)43-13-9-28(10-14-43)44-15-6-26-4-2-3-5-29(26)38-35(44)48/h2-5,20-21,27-28,31H,6-19,22-23H2,1H3,(H,38,48)(H,39,49)(H,45,46). The number of benzene rings is 2. The Hall–Kier alpha value is -4.89. The molecule has 15 nitrogen and oxygen atoms in total. The van der Waals surface area contributed by atoms with Crippen LogP contribution in [-0.2, 0) is 27.2 Å². The Kier molecular flexibility index (Phi) is 10.5. The molecule has 1 atom stereocenters. The van der Waals surface area contributed by atoms with Gasteiger partial charge in [-0.25, -0.2) is 14.4 Å². The number of carbonyl (C=O) groups excluding carboxylic acids is 3. The third kappa shape index (κ3) is 7.94. The first-order valence-electron chi connectivity index (χ1n) is 18.3. The highest BCUT2D eigenvalue weighted by Crippen LogP contribution is 2.27. The summed E-state index contributed by atoms with van der Waals surface area (Å²) in [6.07, 6.45) is 1.95. The second-order valence-electron chi connectivity index (χ2n) is 14.4. The first kappa shape index (κ1) is 35.5. The van der Waals surface area contributed by atoms with Crippen molar-refractivity contribution >= 4 is 40.8 Å². The highest BCUT2D eigenvalue weighted by atomic mass is 16.6. The van der Waals surface area contributed by atoms with E-state index >= 15 is 0 Å². The minimum atomic E-state index is -1.08. The van der Waals surface area contributed by atoms with E-state index in [-0.39, 0.29) is 30.9 Å². The van der Waals surface area contributed by atoms with E-state index in [0.29, 0.717) is 81.4 Å². The summed E-state index contributed by atoms with van der Waals surface area (Å²) in [5.74, 6) is -1.64. The Morgan fingerprint density at radius 1 is 0.904 bits per heavy atom. The predicted molar refractivity (Wildman–Crippen MR) is 191 cm³/mol. The third-order valence-corrected chi connectivity index (χ3v) is 11.1. The lowest BCUT2D eigenvalue weighted by Crippen LogP contribution is -2.55. The average molecular weight is 718 g/mol. The van der Waals surface area contributed by atoms with Crippen molar-refractivity contribution in [2.24, 2.45) is 0 Å². The number of aromatic amines is 1. The number of amides is 4. The van der Waals surface area contributed by atoms with E-state index < -0.39 is 23.9 Å². The summed E-state index contributed by atoms with van der Waals surface area (Å²) in [7, 11) is 0. The molecular weight excluding hydrogens is 670 g/mol. The summed E-state index contributed by atoms with van der Waals surface area (Å²) in [5, 5.41) is 12.2. The molecule has 52 heavy (non-hydrogen) atoms. The molecule has 0 saturated carbocycles. The highest BCUT2D eigenvalue weighted by molar-refractivity contribution is 5.91. The number of carbonyl (C=O) groups is 4. The number of hydrogen-bond acceptors (Lipinski definition) is 9. The van der Waals surface area contributed by atoms with E-state index in [1.165, 1.54) is 0 Å². The van der Waals surface area contributed by atoms with E-state index in [4.69, 9.17) is 14.3 Å². The zero-order valence-corrected chi connectivity index (χ0v) is 29.6. The van der Waals surface area contributed by atoms with Crippen molar-refractivity contribution in [3.8, 4) is 0 Å². The topological polar surface area (TPSA) is 172 Å². The van der Waals surface area contributed by atoms with Crippen LogP contribution >= 0.6 is 0 Å². The predicted octanol–water partition coefficient (Wildman–Crippen LogP) is 2.73. The van der Waals surface area contributed by atoms with Gasteiger partial charge >= 0.3 is 23.8 Å². The number of H-pyrrole nitrogens is 1. The summed E-state index contributed by atoms with van der Waals surface area (Å²) >= 11 is 0. The van der Waals surface area contributed by atoms with Gasteiger partial charge in [-0.3, -0.25) is 24.4 Å². The number of urea groups is 1. The number of aromatic nitrogens is 1. The minimum Gasteiger partial charge on any atom is -0.480 e. The molecule has 0 bridgehead atoms. The number of nitrogens with zero attached hydrogens (tertiary/aromatic N) is 5. The number of ether oxygens (including phenoxy) is 1. The molecule has 3 aromatic rings. The molecule has 7 rings (SSSR count). The van der Waals surface area contributed by atoms with Crippen molar-refractivity contribution in [3.63, 3.8) is 0 Å². The van der Waals surface area contributed by atoms with Crippen LogP contribution in [0.15, 0.2) is 45.6 Å². The van der Waals surface area contributed by atoms with Gasteiger partial charge in [0.1, 0.15) is 0 Å². The smallest absolute Gasteiger partial charge is 0.417 e. The molecule has 3 fully saturated rings. The molecule has 4 aliphatic rings. The summed E-state index contributed by atoms with van der Waals surface area (Å²) < 4.78 is 11.4. The molecule has 0 aliphatic carbocycles. The maximum atomic E-state index is 14.1. The molecule has 2 aromatic carbocycles. The number of aryl methyl sites for hydroxylation is 1. The fourth-order valence-corrected chi connectivity index (χ4v) is 8.23. The second-order valence-corrected chi connectivity index (χ2v) is 14.4. The molecule has 0 spiro atoms. The largest absolute Gasteiger partial charge is 0.480 e. The number of para-hydroxylation sites is 1. The van der Waals surface area contributed by atoms with Crippen LogP contribution in [0.4, 0.5) is 15.3 Å². The van der Waals surface area contributed by atoms with Crippen LogP contribution in [-0.4, -0.2) is 142 Å². The van der Waals surface area contributed by atoms with Gasteiger partial charge < -0.3 is 34.3 Å². The van der Waals surface area contributed by atoms with Gasteiger partial charge in [0.25, 0.3) is 5.91 Å². The lowest BCUT2D eigenvalue weighted by molar-refractivity contribution is -0.142. The summed E-state index contributed by atoms with van der Waals surface area (Å²) in [6.45, 7) is 7.29. The summed E-state index contributed by atoms with van der Waals surface area (Å²) in [6, 6.07) is 11.5. The molecule has 4 amide bonds. The van der Waals surface area contributed by atoms with Gasteiger partial charge in [-0.05, 0) is 67.9 Å². The second kappa shape index (κ2) is 15.4. The van der Waals surface area contributed by atoms with Crippen LogP contribution in [0, 0.1) is 6.92 Å². The van der Waals surface area contributed by atoms with E-state index in [1.807, 2.05) is 47.1 Å². The van der Waals surface area contributed by atoms with Crippen LogP contribution in [0.25, 0.3) is 11.1 Å². The number of likely N-dealkylation sites (tertiary alicyclic amines) is 2. The van der Waals surface area contributed by atoms with Crippen molar-refractivity contribution in [3.05, 3.63) is 63.6 Å². The fraction of sp³-hybridized carbons (Fsp3) is 0.541. The zero-order chi connectivity index (χ0) is 36.4. The number of rotatable bonds is 8. The van der Waals surface area contributed by atoms with Crippen molar-refractivity contribution in [2.75, 3.05) is 70.8 Å². The molecule has 4 aliphatic heterocycles. The highest BCUT2D eigenvalue weighted by Gasteiger charge is 2.37. The maximum absolute atomic E-state index is 14.1. The third-order valence-electron chi connectivity index (χ3n) is 11.1. The summed E-state index contributed by atoms with van der Waals surface area (Å²) in [5.41, 5.74) is 4.39.